The highest BCUT2D eigenvalue weighted by Gasteiger charge is 2.15. The van der Waals surface area contributed by atoms with Crippen LogP contribution in [0.2, 0.25) is 0 Å². The Morgan fingerprint density at radius 1 is 1.25 bits per heavy atom. The molecule has 0 spiro atoms. The molecule has 1 heterocycles. The van der Waals surface area contributed by atoms with Crippen LogP contribution >= 0.6 is 11.3 Å². The zero-order valence-corrected chi connectivity index (χ0v) is 12.7. The number of rotatable bonds is 4. The standard InChI is InChI=1S/C15H19N3OS/c1-9-4-6-13(18-16)12(8-9)15(19)17-11(3)14-7-5-10(2)20-14/h4-8,11,18H,16H2,1-3H3,(H,17,19). The molecule has 0 saturated carbocycles. The molecule has 0 saturated heterocycles. The molecule has 4 nitrogen and oxygen atoms in total. The molecule has 1 aromatic carbocycles. The molecule has 106 valence electrons. The van der Waals surface area contributed by atoms with E-state index in [1.54, 1.807) is 11.3 Å². The van der Waals surface area contributed by atoms with Crippen molar-refractivity contribution in [3.8, 4) is 0 Å². The highest BCUT2D eigenvalue weighted by atomic mass is 32.1. The second-order valence-electron chi connectivity index (χ2n) is 4.84. The van der Waals surface area contributed by atoms with Gasteiger partial charge in [0.15, 0.2) is 0 Å². The predicted octanol–water partition coefficient (Wildman–Crippen LogP) is 3.14. The molecular formula is C15H19N3OS. The Morgan fingerprint density at radius 2 is 2.00 bits per heavy atom. The van der Waals surface area contributed by atoms with Crippen molar-refractivity contribution in [1.82, 2.24) is 5.32 Å². The van der Waals surface area contributed by atoms with Crippen LogP contribution in [0.15, 0.2) is 30.3 Å². The normalized spacial score (nSPS) is 12.0. The quantitative estimate of drug-likeness (QED) is 0.598. The molecule has 0 aliphatic rings. The molecule has 2 aromatic rings. The van der Waals surface area contributed by atoms with Crippen LogP contribution in [0.1, 0.15) is 38.6 Å². The maximum atomic E-state index is 12.4. The Morgan fingerprint density at radius 3 is 2.60 bits per heavy atom. The summed E-state index contributed by atoms with van der Waals surface area (Å²) < 4.78 is 0. The van der Waals surface area contributed by atoms with Crippen molar-refractivity contribution in [3.63, 3.8) is 0 Å². The number of benzene rings is 1. The van der Waals surface area contributed by atoms with E-state index in [0.717, 1.165) is 10.4 Å². The smallest absolute Gasteiger partial charge is 0.253 e. The van der Waals surface area contributed by atoms with Gasteiger partial charge in [0.1, 0.15) is 0 Å². The molecule has 1 atom stereocenters. The highest BCUT2D eigenvalue weighted by Crippen LogP contribution is 2.23. The summed E-state index contributed by atoms with van der Waals surface area (Å²) >= 11 is 1.69. The summed E-state index contributed by atoms with van der Waals surface area (Å²) in [5.74, 6) is 5.33. The van der Waals surface area contributed by atoms with Gasteiger partial charge in [-0.1, -0.05) is 11.6 Å². The van der Waals surface area contributed by atoms with Crippen molar-refractivity contribution in [1.29, 1.82) is 0 Å². The number of carbonyl (C=O) groups excluding carboxylic acids is 1. The van der Waals surface area contributed by atoms with Crippen molar-refractivity contribution >= 4 is 22.9 Å². The number of nitrogen functional groups attached to an aromatic ring is 1. The number of hydrogen-bond donors (Lipinski definition) is 3. The maximum Gasteiger partial charge on any atom is 0.253 e. The molecule has 0 aliphatic carbocycles. The molecule has 2 rings (SSSR count). The van der Waals surface area contributed by atoms with Crippen LogP contribution in [0.5, 0.6) is 0 Å². The summed E-state index contributed by atoms with van der Waals surface area (Å²) in [5, 5.41) is 3.00. The molecule has 1 aromatic heterocycles. The minimum Gasteiger partial charge on any atom is -0.345 e. The van der Waals surface area contributed by atoms with Gasteiger partial charge < -0.3 is 10.7 Å². The summed E-state index contributed by atoms with van der Waals surface area (Å²) in [6.45, 7) is 5.98. The number of hydrazine groups is 1. The number of nitrogens with one attached hydrogen (secondary N) is 2. The summed E-state index contributed by atoms with van der Waals surface area (Å²) in [7, 11) is 0. The number of hydrogen-bond acceptors (Lipinski definition) is 4. The van der Waals surface area contributed by atoms with Crippen molar-refractivity contribution < 1.29 is 4.79 Å². The molecule has 0 aliphatic heterocycles. The van der Waals surface area contributed by atoms with Gasteiger partial charge in [0.25, 0.3) is 5.91 Å². The van der Waals surface area contributed by atoms with Gasteiger partial charge in [0, 0.05) is 9.75 Å². The van der Waals surface area contributed by atoms with E-state index < -0.39 is 0 Å². The second-order valence-corrected chi connectivity index (χ2v) is 6.16. The summed E-state index contributed by atoms with van der Waals surface area (Å²) in [5.41, 5.74) is 4.77. The van der Waals surface area contributed by atoms with E-state index in [2.05, 4.69) is 23.7 Å². The topological polar surface area (TPSA) is 67.1 Å². The third-order valence-electron chi connectivity index (χ3n) is 3.11. The van der Waals surface area contributed by atoms with E-state index in [-0.39, 0.29) is 11.9 Å². The first-order chi connectivity index (χ1) is 9.51. The minimum absolute atomic E-state index is 0.0210. The number of thiophene rings is 1. The van der Waals surface area contributed by atoms with E-state index in [1.165, 1.54) is 4.88 Å². The Kier molecular flexibility index (Phi) is 4.42. The Balaban J connectivity index is 2.18. The fourth-order valence-electron chi connectivity index (χ4n) is 2.00. The monoisotopic (exact) mass is 289 g/mol. The molecule has 1 unspecified atom stereocenters. The fraction of sp³-hybridized carbons (Fsp3) is 0.267. The molecule has 1 amide bonds. The number of anilines is 1. The Hall–Kier alpha value is -1.85. The number of amides is 1. The lowest BCUT2D eigenvalue weighted by atomic mass is 10.1. The van der Waals surface area contributed by atoms with Crippen LogP contribution in [0, 0.1) is 13.8 Å². The van der Waals surface area contributed by atoms with Gasteiger partial charge in [-0.15, -0.1) is 11.3 Å². The molecule has 0 bridgehead atoms. The number of nitrogens with two attached hydrogens (primary N) is 1. The van der Waals surface area contributed by atoms with E-state index >= 15 is 0 Å². The molecule has 0 radical (unpaired) electrons. The number of carbonyl (C=O) groups is 1. The summed E-state index contributed by atoms with van der Waals surface area (Å²) in [4.78, 5) is 14.7. The van der Waals surface area contributed by atoms with E-state index in [9.17, 15) is 4.79 Å². The molecule has 5 heteroatoms. The van der Waals surface area contributed by atoms with Gasteiger partial charge in [-0.2, -0.15) is 0 Å². The first kappa shape index (κ1) is 14.6. The number of aryl methyl sites for hydroxylation is 2. The van der Waals surface area contributed by atoms with Gasteiger partial charge >= 0.3 is 0 Å². The van der Waals surface area contributed by atoms with Gasteiger partial charge in [-0.25, -0.2) is 0 Å². The lowest BCUT2D eigenvalue weighted by Gasteiger charge is -2.15. The van der Waals surface area contributed by atoms with Crippen molar-refractivity contribution in [2.24, 2.45) is 5.84 Å². The zero-order chi connectivity index (χ0) is 14.7. The van der Waals surface area contributed by atoms with Crippen LogP contribution in [0.4, 0.5) is 5.69 Å². The van der Waals surface area contributed by atoms with E-state index in [4.69, 9.17) is 5.84 Å². The van der Waals surface area contributed by atoms with Crippen molar-refractivity contribution in [3.05, 3.63) is 51.2 Å². The molecule has 0 fully saturated rings. The van der Waals surface area contributed by atoms with E-state index in [1.807, 2.05) is 38.1 Å². The SMILES string of the molecule is Cc1ccc(NN)c(C(=O)NC(C)c2ccc(C)s2)c1. The van der Waals surface area contributed by atoms with Gasteiger partial charge in [0.05, 0.1) is 17.3 Å². The van der Waals surface area contributed by atoms with Crippen LogP contribution in [0.25, 0.3) is 0 Å². The first-order valence-electron chi connectivity index (χ1n) is 6.45. The first-order valence-corrected chi connectivity index (χ1v) is 7.27. The molecular weight excluding hydrogens is 270 g/mol. The predicted molar refractivity (Wildman–Crippen MR) is 83.9 cm³/mol. The Bertz CT molecular complexity index is 621. The third-order valence-corrected chi connectivity index (χ3v) is 4.29. The van der Waals surface area contributed by atoms with Crippen LogP contribution < -0.4 is 16.6 Å². The summed E-state index contributed by atoms with van der Waals surface area (Å²) in [6.07, 6.45) is 0. The molecule has 20 heavy (non-hydrogen) atoms. The minimum atomic E-state index is -0.125. The van der Waals surface area contributed by atoms with E-state index in [0.29, 0.717) is 11.3 Å². The largest absolute Gasteiger partial charge is 0.345 e. The van der Waals surface area contributed by atoms with Crippen molar-refractivity contribution in [2.75, 3.05) is 5.43 Å². The lowest BCUT2D eigenvalue weighted by Crippen LogP contribution is -2.27. The lowest BCUT2D eigenvalue weighted by molar-refractivity contribution is 0.0941. The maximum absolute atomic E-state index is 12.4. The van der Waals surface area contributed by atoms with Gasteiger partial charge in [0.2, 0.25) is 0 Å². The van der Waals surface area contributed by atoms with Crippen molar-refractivity contribution in [2.45, 2.75) is 26.8 Å². The summed E-state index contributed by atoms with van der Waals surface area (Å²) in [6, 6.07) is 9.64. The third kappa shape index (κ3) is 3.18. The zero-order valence-electron chi connectivity index (χ0n) is 11.9. The molecule has 4 N–H and O–H groups in total. The van der Waals surface area contributed by atoms with Crippen LogP contribution in [0.3, 0.4) is 0 Å². The second kappa shape index (κ2) is 6.07. The average molecular weight is 289 g/mol. The fourth-order valence-corrected chi connectivity index (χ4v) is 2.88. The average Bonchev–Trinajstić information content (AvgIpc) is 2.85. The van der Waals surface area contributed by atoms with Gasteiger partial charge in [-0.05, 0) is 45.0 Å². The van der Waals surface area contributed by atoms with Crippen LogP contribution in [-0.4, -0.2) is 5.91 Å². The Labute approximate surface area is 123 Å². The highest BCUT2D eigenvalue weighted by molar-refractivity contribution is 7.12. The van der Waals surface area contributed by atoms with Gasteiger partial charge in [-0.3, -0.25) is 10.6 Å². The van der Waals surface area contributed by atoms with Crippen LogP contribution in [-0.2, 0) is 0 Å².